The third-order valence-electron chi connectivity index (χ3n) is 2.68. The number of halogens is 1. The van der Waals surface area contributed by atoms with Crippen molar-refractivity contribution in [1.29, 1.82) is 0 Å². The van der Waals surface area contributed by atoms with Crippen molar-refractivity contribution < 1.29 is 9.50 Å². The Labute approximate surface area is 96.7 Å². The van der Waals surface area contributed by atoms with Gasteiger partial charge in [-0.2, -0.15) is 0 Å². The summed E-state index contributed by atoms with van der Waals surface area (Å²) in [5, 5.41) is 9.49. The number of hydrogen-bond donors (Lipinski definition) is 1. The second-order valence-corrected chi connectivity index (χ2v) is 4.34. The molecule has 0 unspecified atom stereocenters. The van der Waals surface area contributed by atoms with Gasteiger partial charge in [0, 0.05) is 13.1 Å². The van der Waals surface area contributed by atoms with Gasteiger partial charge in [-0.1, -0.05) is 19.1 Å². The fraction of sp³-hybridized carbons (Fsp3) is 0.538. The van der Waals surface area contributed by atoms with Crippen molar-refractivity contribution in [3.63, 3.8) is 0 Å². The van der Waals surface area contributed by atoms with Gasteiger partial charge in [-0.25, -0.2) is 4.39 Å². The Balaban J connectivity index is 2.56. The number of aliphatic hydroxyl groups excluding tert-OH is 1. The highest BCUT2D eigenvalue weighted by atomic mass is 19.1. The summed E-state index contributed by atoms with van der Waals surface area (Å²) in [5.74, 6) is -0.165. The van der Waals surface area contributed by atoms with Crippen LogP contribution in [0.15, 0.2) is 18.2 Å². The second-order valence-electron chi connectivity index (χ2n) is 4.34. The van der Waals surface area contributed by atoms with E-state index in [2.05, 4.69) is 0 Å². The van der Waals surface area contributed by atoms with Crippen LogP contribution in [0.2, 0.25) is 0 Å². The number of aryl methyl sites for hydroxylation is 1. The Morgan fingerprint density at radius 2 is 2.12 bits per heavy atom. The highest BCUT2D eigenvalue weighted by Crippen LogP contribution is 2.11. The highest BCUT2D eigenvalue weighted by Gasteiger charge is 2.07. The molecule has 2 nitrogen and oxygen atoms in total. The number of hydrogen-bond acceptors (Lipinski definition) is 2. The number of benzene rings is 1. The molecule has 0 aliphatic rings. The van der Waals surface area contributed by atoms with Gasteiger partial charge in [-0.3, -0.25) is 4.90 Å². The summed E-state index contributed by atoms with van der Waals surface area (Å²) in [6, 6.07) is 5.27. The maximum Gasteiger partial charge on any atom is 0.126 e. The Bertz CT molecular complexity index is 341. The van der Waals surface area contributed by atoms with Gasteiger partial charge in [0.2, 0.25) is 0 Å². The minimum Gasteiger partial charge on any atom is -0.392 e. The van der Waals surface area contributed by atoms with Crippen LogP contribution in [0.5, 0.6) is 0 Å². The van der Waals surface area contributed by atoms with Crippen molar-refractivity contribution in [2.45, 2.75) is 32.9 Å². The summed E-state index contributed by atoms with van der Waals surface area (Å²) in [5.41, 5.74) is 1.61. The predicted octanol–water partition coefficient (Wildman–Crippen LogP) is 2.34. The molecular formula is C13H20FNO. The minimum absolute atomic E-state index is 0.165. The van der Waals surface area contributed by atoms with Gasteiger partial charge in [0.05, 0.1) is 6.10 Å². The maximum absolute atomic E-state index is 13.3. The van der Waals surface area contributed by atoms with Crippen LogP contribution in [0.1, 0.15) is 24.5 Å². The van der Waals surface area contributed by atoms with Crippen molar-refractivity contribution in [3.8, 4) is 0 Å². The molecule has 16 heavy (non-hydrogen) atoms. The van der Waals surface area contributed by atoms with Crippen LogP contribution in [0.25, 0.3) is 0 Å². The Hall–Kier alpha value is -0.930. The molecule has 1 rings (SSSR count). The van der Waals surface area contributed by atoms with Gasteiger partial charge in [0.25, 0.3) is 0 Å². The molecule has 3 heteroatoms. The van der Waals surface area contributed by atoms with E-state index in [1.807, 2.05) is 24.9 Å². The average Bonchev–Trinajstić information content (AvgIpc) is 2.23. The van der Waals surface area contributed by atoms with Gasteiger partial charge in [0.15, 0.2) is 0 Å². The van der Waals surface area contributed by atoms with E-state index in [9.17, 15) is 9.50 Å². The second kappa shape index (κ2) is 5.97. The zero-order chi connectivity index (χ0) is 12.1. The largest absolute Gasteiger partial charge is 0.392 e. The van der Waals surface area contributed by atoms with Crippen molar-refractivity contribution in [1.82, 2.24) is 4.90 Å². The van der Waals surface area contributed by atoms with Crippen LogP contribution in [0, 0.1) is 12.7 Å². The van der Waals surface area contributed by atoms with Crippen molar-refractivity contribution >= 4 is 0 Å². The molecule has 90 valence electrons. The topological polar surface area (TPSA) is 23.5 Å². The summed E-state index contributed by atoms with van der Waals surface area (Å²) in [7, 11) is 1.93. The molecule has 0 amide bonds. The molecule has 0 aliphatic heterocycles. The summed E-state index contributed by atoms with van der Waals surface area (Å²) < 4.78 is 13.3. The summed E-state index contributed by atoms with van der Waals surface area (Å²) >= 11 is 0. The third kappa shape index (κ3) is 3.91. The Kier molecular flexibility index (Phi) is 4.90. The molecule has 0 bridgehead atoms. The number of nitrogens with zero attached hydrogens (tertiary/aromatic N) is 1. The Morgan fingerprint density at radius 3 is 2.69 bits per heavy atom. The molecule has 1 aromatic carbocycles. The lowest BCUT2D eigenvalue weighted by atomic mass is 10.1. The minimum atomic E-state index is -0.305. The first kappa shape index (κ1) is 13.1. The maximum atomic E-state index is 13.3. The normalized spacial score (nSPS) is 13.1. The fourth-order valence-corrected chi connectivity index (χ4v) is 1.60. The molecular weight excluding hydrogens is 205 g/mol. The third-order valence-corrected chi connectivity index (χ3v) is 2.68. The van der Waals surface area contributed by atoms with E-state index >= 15 is 0 Å². The van der Waals surface area contributed by atoms with E-state index in [-0.39, 0.29) is 11.9 Å². The molecule has 0 aromatic heterocycles. The van der Waals surface area contributed by atoms with Crippen LogP contribution < -0.4 is 0 Å². The van der Waals surface area contributed by atoms with E-state index in [1.54, 1.807) is 19.1 Å². The van der Waals surface area contributed by atoms with Crippen molar-refractivity contribution in [3.05, 3.63) is 35.1 Å². The standard InChI is InChI=1S/C13H20FNO/c1-4-12(16)9-15(3)8-11-6-5-10(2)13(14)7-11/h5-7,12,16H,4,8-9H2,1-3H3/t12-/m0/s1. The van der Waals surface area contributed by atoms with Gasteiger partial charge in [-0.05, 0) is 37.6 Å². The van der Waals surface area contributed by atoms with E-state index in [4.69, 9.17) is 0 Å². The molecule has 1 atom stereocenters. The quantitative estimate of drug-likeness (QED) is 0.831. The first-order valence-corrected chi connectivity index (χ1v) is 5.64. The molecule has 1 aromatic rings. The summed E-state index contributed by atoms with van der Waals surface area (Å²) in [6.45, 7) is 4.98. The molecule has 0 fully saturated rings. The lowest BCUT2D eigenvalue weighted by Gasteiger charge is -2.19. The number of rotatable bonds is 5. The van der Waals surface area contributed by atoms with Gasteiger partial charge in [0.1, 0.15) is 5.82 Å². The summed E-state index contributed by atoms with van der Waals surface area (Å²) in [4.78, 5) is 2.00. The smallest absolute Gasteiger partial charge is 0.126 e. The SMILES string of the molecule is CC[C@H](O)CN(C)Cc1ccc(C)c(F)c1. The number of aliphatic hydroxyl groups is 1. The van der Waals surface area contributed by atoms with Crippen molar-refractivity contribution in [2.24, 2.45) is 0 Å². The lowest BCUT2D eigenvalue weighted by molar-refractivity contribution is 0.119. The van der Waals surface area contributed by atoms with Gasteiger partial charge in [-0.15, -0.1) is 0 Å². The van der Waals surface area contributed by atoms with Crippen LogP contribution in [-0.4, -0.2) is 29.7 Å². The zero-order valence-electron chi connectivity index (χ0n) is 10.2. The number of likely N-dealkylation sites (N-methyl/N-ethyl adjacent to an activating group) is 1. The molecule has 1 N–H and O–H groups in total. The monoisotopic (exact) mass is 225 g/mol. The zero-order valence-corrected chi connectivity index (χ0v) is 10.2. The van der Waals surface area contributed by atoms with Crippen LogP contribution in [0.4, 0.5) is 4.39 Å². The first-order chi connectivity index (χ1) is 7.52. The van der Waals surface area contributed by atoms with Crippen LogP contribution in [0.3, 0.4) is 0 Å². The highest BCUT2D eigenvalue weighted by molar-refractivity contribution is 5.23. The van der Waals surface area contributed by atoms with E-state index in [0.717, 1.165) is 12.0 Å². The average molecular weight is 225 g/mol. The van der Waals surface area contributed by atoms with Crippen LogP contribution in [-0.2, 0) is 6.54 Å². The molecule has 0 spiro atoms. The van der Waals surface area contributed by atoms with Gasteiger partial charge < -0.3 is 5.11 Å². The van der Waals surface area contributed by atoms with E-state index in [0.29, 0.717) is 18.7 Å². The van der Waals surface area contributed by atoms with Crippen LogP contribution >= 0.6 is 0 Å². The fourth-order valence-electron chi connectivity index (χ4n) is 1.60. The van der Waals surface area contributed by atoms with Gasteiger partial charge >= 0.3 is 0 Å². The summed E-state index contributed by atoms with van der Waals surface area (Å²) in [6.07, 6.45) is 0.437. The van der Waals surface area contributed by atoms with E-state index < -0.39 is 0 Å². The molecule has 0 saturated carbocycles. The van der Waals surface area contributed by atoms with E-state index in [1.165, 1.54) is 0 Å². The molecule has 0 radical (unpaired) electrons. The molecule has 0 saturated heterocycles. The lowest BCUT2D eigenvalue weighted by Crippen LogP contribution is -2.28. The molecule has 0 aliphatic carbocycles. The molecule has 0 heterocycles. The van der Waals surface area contributed by atoms with Crippen molar-refractivity contribution in [2.75, 3.05) is 13.6 Å². The first-order valence-electron chi connectivity index (χ1n) is 5.64. The predicted molar refractivity (Wildman–Crippen MR) is 63.8 cm³/mol. The Morgan fingerprint density at radius 1 is 1.44 bits per heavy atom.